The fourth-order valence-electron chi connectivity index (χ4n) is 1.01. The molecule has 1 atom stereocenters. The first-order chi connectivity index (χ1) is 5.45. The maximum absolute atomic E-state index is 7.68. The second-order valence-corrected chi connectivity index (χ2v) is 3.68. The second kappa shape index (κ2) is 4.29. The number of allylic oxidation sites excluding steroid dienone is 1. The molecule has 1 unspecified atom stereocenters. The van der Waals surface area contributed by atoms with Crippen molar-refractivity contribution in [2.75, 3.05) is 7.05 Å². The van der Waals surface area contributed by atoms with Crippen LogP contribution in [0, 0.1) is 16.7 Å². The lowest BCUT2D eigenvalue weighted by atomic mass is 9.75. The molecule has 12 heavy (non-hydrogen) atoms. The van der Waals surface area contributed by atoms with Crippen molar-refractivity contribution in [1.82, 2.24) is 5.32 Å². The van der Waals surface area contributed by atoms with Gasteiger partial charge in [0.05, 0.1) is 0 Å². The van der Waals surface area contributed by atoms with E-state index in [-0.39, 0.29) is 5.41 Å². The molecule has 0 aliphatic heterocycles. The van der Waals surface area contributed by atoms with E-state index in [1.54, 1.807) is 0 Å². The van der Waals surface area contributed by atoms with Gasteiger partial charge in [0.15, 0.2) is 0 Å². The van der Waals surface area contributed by atoms with Gasteiger partial charge in [-0.05, 0) is 19.0 Å². The topological polar surface area (TPSA) is 35.9 Å². The average molecular weight is 168 g/mol. The van der Waals surface area contributed by atoms with E-state index < -0.39 is 0 Å². The normalized spacial score (nSPS) is 16.5. The molecule has 0 heterocycles. The Morgan fingerprint density at radius 3 is 2.25 bits per heavy atom. The van der Waals surface area contributed by atoms with Crippen LogP contribution < -0.4 is 5.32 Å². The van der Waals surface area contributed by atoms with Crippen LogP contribution in [0.4, 0.5) is 0 Å². The van der Waals surface area contributed by atoms with Crippen LogP contribution in [0.15, 0.2) is 12.3 Å². The van der Waals surface area contributed by atoms with E-state index >= 15 is 0 Å². The fraction of sp³-hybridized carbons (Fsp3) is 0.700. The van der Waals surface area contributed by atoms with E-state index in [9.17, 15) is 0 Å². The number of rotatable bonds is 4. The third kappa shape index (κ3) is 2.36. The Morgan fingerprint density at radius 2 is 2.00 bits per heavy atom. The Hall–Kier alpha value is -0.790. The highest BCUT2D eigenvalue weighted by Crippen LogP contribution is 2.29. The van der Waals surface area contributed by atoms with E-state index in [4.69, 9.17) is 5.41 Å². The van der Waals surface area contributed by atoms with Gasteiger partial charge < -0.3 is 10.7 Å². The van der Waals surface area contributed by atoms with Crippen LogP contribution in [0.1, 0.15) is 27.7 Å². The van der Waals surface area contributed by atoms with Crippen molar-refractivity contribution in [2.24, 2.45) is 11.3 Å². The van der Waals surface area contributed by atoms with Crippen LogP contribution >= 0.6 is 0 Å². The van der Waals surface area contributed by atoms with Crippen molar-refractivity contribution in [3.05, 3.63) is 12.3 Å². The standard InChI is InChI=1S/C10H20N2/c1-8(2)10(4,9(3)11)6-7-12-5/h6-8,11-12H,1-5H3/b7-6-,11-9?. The first kappa shape index (κ1) is 11.2. The Morgan fingerprint density at radius 1 is 1.50 bits per heavy atom. The van der Waals surface area contributed by atoms with Gasteiger partial charge in [0.25, 0.3) is 0 Å². The molecule has 0 aromatic rings. The van der Waals surface area contributed by atoms with Gasteiger partial charge in [-0.25, -0.2) is 0 Å². The van der Waals surface area contributed by atoms with Crippen LogP contribution in [-0.2, 0) is 0 Å². The van der Waals surface area contributed by atoms with Gasteiger partial charge in [-0.2, -0.15) is 0 Å². The SMILES string of the molecule is CN/C=C\C(C)(C(C)=N)C(C)C. The quantitative estimate of drug-likeness (QED) is 0.621. The molecule has 0 aromatic carbocycles. The maximum Gasteiger partial charge on any atom is 0.0267 e. The average Bonchev–Trinajstić information content (AvgIpc) is 1.99. The molecule has 0 spiro atoms. The van der Waals surface area contributed by atoms with Crippen LogP contribution in [0.25, 0.3) is 0 Å². The molecular formula is C10H20N2. The smallest absolute Gasteiger partial charge is 0.0267 e. The molecule has 2 N–H and O–H groups in total. The predicted octanol–water partition coefficient (Wildman–Crippen LogP) is 2.42. The zero-order valence-electron chi connectivity index (χ0n) is 8.73. The van der Waals surface area contributed by atoms with Crippen molar-refractivity contribution in [1.29, 1.82) is 5.41 Å². The van der Waals surface area contributed by atoms with Crippen molar-refractivity contribution < 1.29 is 0 Å². The molecule has 0 amide bonds. The summed E-state index contributed by atoms with van der Waals surface area (Å²) in [5.41, 5.74) is 0.604. The van der Waals surface area contributed by atoms with Crippen LogP contribution in [0.2, 0.25) is 0 Å². The van der Waals surface area contributed by atoms with E-state index in [1.165, 1.54) is 0 Å². The third-order valence-corrected chi connectivity index (χ3v) is 2.60. The molecule has 0 saturated carbocycles. The van der Waals surface area contributed by atoms with Gasteiger partial charge in [-0.3, -0.25) is 0 Å². The molecular weight excluding hydrogens is 148 g/mol. The van der Waals surface area contributed by atoms with Gasteiger partial charge in [0, 0.05) is 18.2 Å². The highest BCUT2D eigenvalue weighted by atomic mass is 14.8. The van der Waals surface area contributed by atoms with Crippen molar-refractivity contribution in [3.8, 4) is 0 Å². The molecule has 0 aliphatic carbocycles. The molecule has 0 saturated heterocycles. The largest absolute Gasteiger partial charge is 0.394 e. The first-order valence-corrected chi connectivity index (χ1v) is 4.35. The number of nitrogens with one attached hydrogen (secondary N) is 2. The summed E-state index contributed by atoms with van der Waals surface area (Å²) in [7, 11) is 1.87. The van der Waals surface area contributed by atoms with Crippen molar-refractivity contribution in [2.45, 2.75) is 27.7 Å². The summed E-state index contributed by atoms with van der Waals surface area (Å²) in [6.45, 7) is 8.23. The lowest BCUT2D eigenvalue weighted by Gasteiger charge is -2.29. The second-order valence-electron chi connectivity index (χ2n) is 3.68. The lowest BCUT2D eigenvalue weighted by molar-refractivity contribution is 0.410. The Bertz CT molecular complexity index is 182. The molecule has 2 nitrogen and oxygen atoms in total. The van der Waals surface area contributed by atoms with E-state index in [2.05, 4.69) is 32.2 Å². The van der Waals surface area contributed by atoms with E-state index in [0.29, 0.717) is 11.6 Å². The first-order valence-electron chi connectivity index (χ1n) is 4.35. The Kier molecular flexibility index (Phi) is 4.01. The molecule has 2 heteroatoms. The molecule has 0 rings (SSSR count). The van der Waals surface area contributed by atoms with Crippen molar-refractivity contribution in [3.63, 3.8) is 0 Å². The van der Waals surface area contributed by atoms with Gasteiger partial charge in [0.2, 0.25) is 0 Å². The van der Waals surface area contributed by atoms with E-state index in [0.717, 1.165) is 0 Å². The van der Waals surface area contributed by atoms with Gasteiger partial charge in [0.1, 0.15) is 0 Å². The van der Waals surface area contributed by atoms with Crippen LogP contribution in [0.5, 0.6) is 0 Å². The van der Waals surface area contributed by atoms with Crippen LogP contribution in [-0.4, -0.2) is 12.8 Å². The molecule has 0 fully saturated rings. The molecule has 0 radical (unpaired) electrons. The minimum absolute atomic E-state index is 0.108. The lowest BCUT2D eigenvalue weighted by Crippen LogP contribution is -2.29. The fourth-order valence-corrected chi connectivity index (χ4v) is 1.01. The van der Waals surface area contributed by atoms with Gasteiger partial charge in [-0.15, -0.1) is 0 Å². The summed E-state index contributed by atoms with van der Waals surface area (Å²) in [6.07, 6.45) is 3.96. The summed E-state index contributed by atoms with van der Waals surface area (Å²) in [4.78, 5) is 0. The number of hydrogen-bond acceptors (Lipinski definition) is 2. The summed E-state index contributed by atoms with van der Waals surface area (Å²) < 4.78 is 0. The molecule has 70 valence electrons. The zero-order valence-corrected chi connectivity index (χ0v) is 8.73. The highest BCUT2D eigenvalue weighted by Gasteiger charge is 2.27. The third-order valence-electron chi connectivity index (χ3n) is 2.60. The Labute approximate surface area is 75.6 Å². The summed E-state index contributed by atoms with van der Waals surface area (Å²) in [6, 6.07) is 0. The monoisotopic (exact) mass is 168 g/mol. The summed E-state index contributed by atoms with van der Waals surface area (Å²) >= 11 is 0. The molecule has 0 bridgehead atoms. The summed E-state index contributed by atoms with van der Waals surface area (Å²) in [5.74, 6) is 0.458. The molecule has 0 aromatic heterocycles. The molecule has 0 aliphatic rings. The minimum Gasteiger partial charge on any atom is -0.394 e. The highest BCUT2D eigenvalue weighted by molar-refractivity contribution is 5.86. The van der Waals surface area contributed by atoms with Gasteiger partial charge >= 0.3 is 0 Å². The van der Waals surface area contributed by atoms with Crippen LogP contribution in [0.3, 0.4) is 0 Å². The van der Waals surface area contributed by atoms with Crippen molar-refractivity contribution >= 4 is 5.71 Å². The number of hydrogen-bond donors (Lipinski definition) is 2. The van der Waals surface area contributed by atoms with E-state index in [1.807, 2.05) is 20.2 Å². The zero-order chi connectivity index (χ0) is 9.78. The van der Waals surface area contributed by atoms with Gasteiger partial charge in [-0.1, -0.05) is 26.8 Å². The summed E-state index contributed by atoms with van der Waals surface area (Å²) in [5, 5.41) is 10.6. The predicted molar refractivity (Wildman–Crippen MR) is 54.5 cm³/mol. The maximum atomic E-state index is 7.68. The Balaban J connectivity index is 4.63. The minimum atomic E-state index is -0.108.